The first-order chi connectivity index (χ1) is 13.3. The second-order valence-electron chi connectivity index (χ2n) is 9.74. The minimum absolute atomic E-state index is 0.0424. The zero-order chi connectivity index (χ0) is 20.4. The number of carbonyl (C=O) groups is 3. The fourth-order valence-corrected chi connectivity index (χ4v) is 5.20. The molecule has 6 heteroatoms. The fraction of sp³-hybridized carbons (Fsp3) is 0.864. The summed E-state index contributed by atoms with van der Waals surface area (Å²) >= 11 is 0. The van der Waals surface area contributed by atoms with Gasteiger partial charge in [0.05, 0.1) is 0 Å². The maximum absolute atomic E-state index is 12.6. The van der Waals surface area contributed by atoms with Crippen molar-refractivity contribution in [2.75, 3.05) is 6.54 Å². The summed E-state index contributed by atoms with van der Waals surface area (Å²) in [6.45, 7) is 7.29. The molecule has 0 unspecified atom stereocenters. The minimum Gasteiger partial charge on any atom is -0.353 e. The number of nitrogens with zero attached hydrogens (tertiary/aromatic N) is 1. The number of hydrogen-bond donors (Lipinski definition) is 2. The molecule has 2 N–H and O–H groups in total. The van der Waals surface area contributed by atoms with Gasteiger partial charge in [-0.05, 0) is 56.3 Å². The fourth-order valence-electron chi connectivity index (χ4n) is 5.20. The van der Waals surface area contributed by atoms with Crippen LogP contribution in [-0.4, -0.2) is 40.9 Å². The third-order valence-electron chi connectivity index (χ3n) is 7.60. The van der Waals surface area contributed by atoms with Gasteiger partial charge in [-0.25, -0.2) is 4.79 Å². The monoisotopic (exact) mass is 391 g/mol. The molecule has 3 rings (SSSR count). The second kappa shape index (κ2) is 8.42. The normalized spacial score (nSPS) is 27.3. The molecule has 1 saturated heterocycles. The zero-order valence-corrected chi connectivity index (χ0v) is 17.8. The van der Waals surface area contributed by atoms with E-state index in [1.54, 1.807) is 0 Å². The van der Waals surface area contributed by atoms with Gasteiger partial charge in [0.2, 0.25) is 5.91 Å². The molecule has 6 nitrogen and oxygen atoms in total. The molecule has 28 heavy (non-hydrogen) atoms. The van der Waals surface area contributed by atoms with Crippen LogP contribution in [0.4, 0.5) is 4.79 Å². The number of rotatable bonds is 7. The van der Waals surface area contributed by atoms with Crippen molar-refractivity contribution >= 4 is 17.8 Å². The van der Waals surface area contributed by atoms with E-state index in [9.17, 15) is 14.4 Å². The van der Waals surface area contributed by atoms with Crippen molar-refractivity contribution in [1.82, 2.24) is 15.5 Å². The molecule has 0 radical (unpaired) electrons. The number of imide groups is 1. The van der Waals surface area contributed by atoms with Crippen molar-refractivity contribution in [1.29, 1.82) is 0 Å². The topological polar surface area (TPSA) is 78.5 Å². The van der Waals surface area contributed by atoms with Gasteiger partial charge >= 0.3 is 6.03 Å². The van der Waals surface area contributed by atoms with Gasteiger partial charge in [0.15, 0.2) is 0 Å². The molecule has 0 aromatic carbocycles. The molecule has 1 spiro atoms. The lowest BCUT2D eigenvalue weighted by Gasteiger charge is -2.39. The Balaban J connectivity index is 1.38. The number of hydrogen-bond acceptors (Lipinski definition) is 3. The van der Waals surface area contributed by atoms with Crippen LogP contribution in [0, 0.1) is 11.3 Å². The zero-order valence-electron chi connectivity index (χ0n) is 17.8. The Hall–Kier alpha value is -1.59. The van der Waals surface area contributed by atoms with Crippen LogP contribution in [-0.2, 0) is 9.59 Å². The van der Waals surface area contributed by atoms with E-state index in [1.807, 2.05) is 0 Å². The van der Waals surface area contributed by atoms with Crippen LogP contribution >= 0.6 is 0 Å². The number of urea groups is 1. The van der Waals surface area contributed by atoms with Crippen LogP contribution in [0.3, 0.4) is 0 Å². The summed E-state index contributed by atoms with van der Waals surface area (Å²) in [6, 6.07) is -0.0148. The number of nitrogens with one attached hydrogen (secondary N) is 2. The molecule has 0 bridgehead atoms. The minimum atomic E-state index is -0.649. The quantitative estimate of drug-likeness (QED) is 0.649. The summed E-state index contributed by atoms with van der Waals surface area (Å²) in [5, 5.41) is 6.05. The maximum Gasteiger partial charge on any atom is 0.325 e. The number of amides is 4. The molecule has 0 aromatic rings. The van der Waals surface area contributed by atoms with Crippen molar-refractivity contribution in [2.24, 2.45) is 11.3 Å². The average Bonchev–Trinajstić information content (AvgIpc) is 3.22. The maximum atomic E-state index is 12.6. The highest BCUT2D eigenvalue weighted by Crippen LogP contribution is 2.40. The van der Waals surface area contributed by atoms with E-state index in [4.69, 9.17) is 0 Å². The predicted octanol–water partition coefficient (Wildman–Crippen LogP) is 3.74. The van der Waals surface area contributed by atoms with Gasteiger partial charge in [-0.1, -0.05) is 40.0 Å². The summed E-state index contributed by atoms with van der Waals surface area (Å²) in [4.78, 5) is 38.4. The van der Waals surface area contributed by atoms with Gasteiger partial charge in [-0.15, -0.1) is 0 Å². The molecule has 2 saturated carbocycles. The SMILES string of the molecule is CCC(C)(C)C1CCC(NC(=O)CCCN2C(=O)NC3(CCCC3)C2=O)CC1. The van der Waals surface area contributed by atoms with Crippen LogP contribution in [0.25, 0.3) is 0 Å². The Morgan fingerprint density at radius 2 is 1.82 bits per heavy atom. The van der Waals surface area contributed by atoms with E-state index in [1.165, 1.54) is 24.2 Å². The highest BCUT2D eigenvalue weighted by Gasteiger charge is 2.52. The van der Waals surface area contributed by atoms with Crippen molar-refractivity contribution < 1.29 is 14.4 Å². The summed E-state index contributed by atoms with van der Waals surface area (Å²) in [5.74, 6) is 0.696. The van der Waals surface area contributed by atoms with Crippen LogP contribution in [0.2, 0.25) is 0 Å². The van der Waals surface area contributed by atoms with Crippen LogP contribution in [0.15, 0.2) is 0 Å². The Labute approximate surface area is 169 Å². The standard InChI is InChI=1S/C22H37N3O3/c1-4-21(2,3)16-9-11-17(12-10-16)23-18(26)8-7-15-25-19(27)22(24-20(25)28)13-5-6-14-22/h16-17H,4-15H2,1-3H3,(H,23,26)(H,24,28). The Morgan fingerprint density at radius 1 is 1.18 bits per heavy atom. The molecule has 4 amide bonds. The second-order valence-corrected chi connectivity index (χ2v) is 9.74. The number of carbonyl (C=O) groups excluding carboxylic acids is 3. The molecule has 1 heterocycles. The first-order valence-electron chi connectivity index (χ1n) is 11.2. The van der Waals surface area contributed by atoms with Crippen molar-refractivity contribution in [3.8, 4) is 0 Å². The molecule has 3 fully saturated rings. The predicted molar refractivity (Wildman–Crippen MR) is 109 cm³/mol. The van der Waals surface area contributed by atoms with Crippen molar-refractivity contribution in [3.05, 3.63) is 0 Å². The summed E-state index contributed by atoms with van der Waals surface area (Å²) in [7, 11) is 0. The van der Waals surface area contributed by atoms with Crippen LogP contribution in [0.5, 0.6) is 0 Å². The molecule has 0 atom stereocenters. The summed E-state index contributed by atoms with van der Waals surface area (Å²) in [5.41, 5.74) is -0.265. The molecule has 3 aliphatic rings. The molecule has 158 valence electrons. The van der Waals surface area contributed by atoms with E-state index in [0.717, 1.165) is 44.4 Å². The largest absolute Gasteiger partial charge is 0.353 e. The van der Waals surface area contributed by atoms with Gasteiger partial charge in [-0.2, -0.15) is 0 Å². The van der Waals surface area contributed by atoms with Gasteiger partial charge < -0.3 is 10.6 Å². The van der Waals surface area contributed by atoms with Gasteiger partial charge in [0.1, 0.15) is 5.54 Å². The third kappa shape index (κ3) is 4.36. The van der Waals surface area contributed by atoms with Gasteiger partial charge in [-0.3, -0.25) is 14.5 Å². The summed E-state index contributed by atoms with van der Waals surface area (Å²) in [6.07, 6.45) is 10.00. The molecular weight excluding hydrogens is 354 g/mol. The van der Waals surface area contributed by atoms with E-state index < -0.39 is 5.54 Å². The van der Waals surface area contributed by atoms with E-state index in [0.29, 0.717) is 24.8 Å². The Bertz CT molecular complexity index is 602. The average molecular weight is 392 g/mol. The highest BCUT2D eigenvalue weighted by molar-refractivity contribution is 6.07. The van der Waals surface area contributed by atoms with Gasteiger partial charge in [0.25, 0.3) is 5.91 Å². The van der Waals surface area contributed by atoms with Crippen LogP contribution < -0.4 is 10.6 Å². The van der Waals surface area contributed by atoms with Crippen molar-refractivity contribution in [2.45, 2.75) is 103 Å². The summed E-state index contributed by atoms with van der Waals surface area (Å²) < 4.78 is 0. The third-order valence-corrected chi connectivity index (χ3v) is 7.60. The molecule has 0 aromatic heterocycles. The van der Waals surface area contributed by atoms with Gasteiger partial charge in [0, 0.05) is 19.0 Å². The van der Waals surface area contributed by atoms with E-state index >= 15 is 0 Å². The lowest BCUT2D eigenvalue weighted by molar-refractivity contribution is -0.131. The Morgan fingerprint density at radius 3 is 2.43 bits per heavy atom. The lowest BCUT2D eigenvalue weighted by atomic mass is 9.69. The molecule has 2 aliphatic carbocycles. The Kier molecular flexibility index (Phi) is 6.35. The van der Waals surface area contributed by atoms with Crippen molar-refractivity contribution in [3.63, 3.8) is 0 Å². The first kappa shape index (κ1) is 21.1. The highest BCUT2D eigenvalue weighted by atomic mass is 16.2. The molecule has 1 aliphatic heterocycles. The van der Waals surface area contributed by atoms with E-state index in [-0.39, 0.29) is 23.9 Å². The van der Waals surface area contributed by atoms with Crippen LogP contribution in [0.1, 0.15) is 91.4 Å². The first-order valence-corrected chi connectivity index (χ1v) is 11.2. The van der Waals surface area contributed by atoms with E-state index in [2.05, 4.69) is 31.4 Å². The lowest BCUT2D eigenvalue weighted by Crippen LogP contribution is -2.44. The molecular formula is C22H37N3O3. The smallest absolute Gasteiger partial charge is 0.325 e.